The van der Waals surface area contributed by atoms with Crippen molar-refractivity contribution in [1.29, 1.82) is 0 Å². The van der Waals surface area contributed by atoms with Crippen molar-refractivity contribution in [3.05, 3.63) is 21.4 Å². The van der Waals surface area contributed by atoms with Crippen molar-refractivity contribution in [2.45, 2.75) is 38.4 Å². The fourth-order valence-electron chi connectivity index (χ4n) is 2.29. The van der Waals surface area contributed by atoms with E-state index in [9.17, 15) is 18.0 Å². The van der Waals surface area contributed by atoms with Crippen LogP contribution in [0.1, 0.15) is 40.4 Å². The molecule has 0 aliphatic heterocycles. The standard InChI is InChI=1S/C14H20N2O4S2/c1-8-4-5-11-10(6-8)7-12(21-11)14(18)16-15-13(17)9(2)22(3,19)20/h7-9H,4-6H2,1-3H3,(H,15,17)(H,16,18)/t8-,9-/m1/s1. The van der Waals surface area contributed by atoms with Crippen molar-refractivity contribution in [1.82, 2.24) is 10.9 Å². The number of carbonyl (C=O) groups is 2. The van der Waals surface area contributed by atoms with Gasteiger partial charge in [0.05, 0.1) is 4.88 Å². The molecule has 0 saturated heterocycles. The van der Waals surface area contributed by atoms with Crippen LogP contribution in [0.3, 0.4) is 0 Å². The molecule has 6 nitrogen and oxygen atoms in total. The Hall–Kier alpha value is -1.41. The predicted molar refractivity (Wildman–Crippen MR) is 85.4 cm³/mol. The summed E-state index contributed by atoms with van der Waals surface area (Å²) >= 11 is 1.43. The summed E-state index contributed by atoms with van der Waals surface area (Å²) in [5.41, 5.74) is 5.64. The number of hydrazine groups is 1. The van der Waals surface area contributed by atoms with E-state index in [1.165, 1.54) is 28.7 Å². The van der Waals surface area contributed by atoms with Gasteiger partial charge < -0.3 is 0 Å². The largest absolute Gasteiger partial charge is 0.279 e. The zero-order valence-corrected chi connectivity index (χ0v) is 14.4. The van der Waals surface area contributed by atoms with E-state index in [1.807, 2.05) is 6.07 Å². The lowest BCUT2D eigenvalue weighted by Gasteiger charge is -2.16. The molecule has 0 aromatic carbocycles. The average molecular weight is 344 g/mol. The van der Waals surface area contributed by atoms with Crippen molar-refractivity contribution >= 4 is 33.0 Å². The number of fused-ring (bicyclic) bond motifs is 1. The van der Waals surface area contributed by atoms with Gasteiger partial charge in [-0.2, -0.15) is 0 Å². The number of rotatable bonds is 3. The van der Waals surface area contributed by atoms with Gasteiger partial charge in [0.25, 0.3) is 11.8 Å². The second-order valence-electron chi connectivity index (χ2n) is 5.82. The molecule has 2 rings (SSSR count). The monoisotopic (exact) mass is 344 g/mol. The van der Waals surface area contributed by atoms with E-state index >= 15 is 0 Å². The summed E-state index contributed by atoms with van der Waals surface area (Å²) in [6, 6.07) is 1.86. The average Bonchev–Trinajstić information content (AvgIpc) is 2.85. The molecule has 2 amide bonds. The van der Waals surface area contributed by atoms with Gasteiger partial charge in [-0.3, -0.25) is 20.4 Å². The minimum absolute atomic E-state index is 0.416. The third-order valence-electron chi connectivity index (χ3n) is 3.86. The lowest BCUT2D eigenvalue weighted by Crippen LogP contribution is -2.47. The van der Waals surface area contributed by atoms with Crippen molar-refractivity contribution < 1.29 is 18.0 Å². The zero-order valence-electron chi connectivity index (χ0n) is 12.8. The van der Waals surface area contributed by atoms with Gasteiger partial charge in [-0.1, -0.05) is 6.92 Å². The fourth-order valence-corrected chi connectivity index (χ4v) is 3.85. The van der Waals surface area contributed by atoms with Gasteiger partial charge in [0.1, 0.15) is 5.25 Å². The Bertz CT molecular complexity index is 694. The number of hydrogen-bond donors (Lipinski definition) is 2. The van der Waals surface area contributed by atoms with Crippen molar-refractivity contribution in [3.63, 3.8) is 0 Å². The van der Waals surface area contributed by atoms with Crippen molar-refractivity contribution in [2.75, 3.05) is 6.26 Å². The Morgan fingerprint density at radius 1 is 1.36 bits per heavy atom. The summed E-state index contributed by atoms with van der Waals surface area (Å²) in [6.07, 6.45) is 4.05. The highest BCUT2D eigenvalue weighted by Gasteiger charge is 2.25. The van der Waals surface area contributed by atoms with Crippen molar-refractivity contribution in [2.24, 2.45) is 5.92 Å². The molecule has 0 fully saturated rings. The number of hydrogen-bond acceptors (Lipinski definition) is 5. The minimum Gasteiger partial charge on any atom is -0.272 e. The van der Waals surface area contributed by atoms with E-state index in [-0.39, 0.29) is 0 Å². The first-order valence-electron chi connectivity index (χ1n) is 7.09. The van der Waals surface area contributed by atoms with E-state index in [1.54, 1.807) is 0 Å². The maximum absolute atomic E-state index is 12.1. The van der Waals surface area contributed by atoms with Gasteiger partial charge in [0.15, 0.2) is 9.84 Å². The van der Waals surface area contributed by atoms with Gasteiger partial charge >= 0.3 is 0 Å². The zero-order chi connectivity index (χ0) is 16.5. The van der Waals surface area contributed by atoms with Crippen LogP contribution in [0, 0.1) is 5.92 Å². The number of carbonyl (C=O) groups excluding carboxylic acids is 2. The van der Waals surface area contributed by atoms with Crippen LogP contribution in [0.25, 0.3) is 0 Å². The molecule has 0 bridgehead atoms. The Balaban J connectivity index is 1.97. The van der Waals surface area contributed by atoms with E-state index < -0.39 is 26.9 Å². The summed E-state index contributed by atoms with van der Waals surface area (Å²) in [7, 11) is -3.48. The number of amides is 2. The second-order valence-corrected chi connectivity index (χ2v) is 9.33. The van der Waals surface area contributed by atoms with Gasteiger partial charge in [0.2, 0.25) is 0 Å². The Labute approximate surface area is 134 Å². The highest BCUT2D eigenvalue weighted by molar-refractivity contribution is 7.92. The summed E-state index contributed by atoms with van der Waals surface area (Å²) < 4.78 is 22.6. The summed E-state index contributed by atoms with van der Waals surface area (Å²) in [6.45, 7) is 3.47. The van der Waals surface area contributed by atoms with Crippen LogP contribution in [0.5, 0.6) is 0 Å². The van der Waals surface area contributed by atoms with Crippen LogP contribution in [-0.2, 0) is 27.5 Å². The van der Waals surface area contributed by atoms with E-state index in [2.05, 4.69) is 17.8 Å². The molecule has 2 atom stereocenters. The maximum atomic E-state index is 12.1. The van der Waals surface area contributed by atoms with Gasteiger partial charge in [-0.05, 0) is 43.7 Å². The van der Waals surface area contributed by atoms with Gasteiger partial charge in [-0.15, -0.1) is 11.3 Å². The molecule has 1 aromatic heterocycles. The Morgan fingerprint density at radius 2 is 2.05 bits per heavy atom. The van der Waals surface area contributed by atoms with E-state index in [0.29, 0.717) is 10.8 Å². The molecule has 22 heavy (non-hydrogen) atoms. The van der Waals surface area contributed by atoms with Crippen molar-refractivity contribution in [3.8, 4) is 0 Å². The van der Waals surface area contributed by atoms with Crippen LogP contribution in [0.4, 0.5) is 0 Å². The van der Waals surface area contributed by atoms with Crippen LogP contribution < -0.4 is 10.9 Å². The molecule has 122 valence electrons. The topological polar surface area (TPSA) is 92.3 Å². The van der Waals surface area contributed by atoms with Crippen LogP contribution in [0.2, 0.25) is 0 Å². The molecule has 8 heteroatoms. The summed E-state index contributed by atoms with van der Waals surface area (Å²) in [5, 5.41) is -1.20. The lowest BCUT2D eigenvalue weighted by molar-refractivity contribution is -0.121. The lowest BCUT2D eigenvalue weighted by atomic mass is 9.90. The third kappa shape index (κ3) is 3.86. The molecule has 1 heterocycles. The quantitative estimate of drug-likeness (QED) is 0.802. The number of sulfone groups is 1. The Morgan fingerprint density at radius 3 is 2.68 bits per heavy atom. The van der Waals surface area contributed by atoms with Crippen LogP contribution in [-0.4, -0.2) is 31.7 Å². The summed E-state index contributed by atoms with van der Waals surface area (Å²) in [4.78, 5) is 25.5. The first-order valence-corrected chi connectivity index (χ1v) is 9.86. The van der Waals surface area contributed by atoms with E-state index in [0.717, 1.165) is 25.5 Å². The highest BCUT2D eigenvalue weighted by Crippen LogP contribution is 2.32. The smallest absolute Gasteiger partial charge is 0.272 e. The molecule has 1 aromatic rings. The molecule has 2 N–H and O–H groups in total. The van der Waals surface area contributed by atoms with Crippen LogP contribution in [0.15, 0.2) is 6.07 Å². The number of thiophene rings is 1. The number of nitrogens with one attached hydrogen (secondary N) is 2. The molecule has 0 radical (unpaired) electrons. The minimum atomic E-state index is -3.48. The second kappa shape index (κ2) is 6.37. The van der Waals surface area contributed by atoms with E-state index in [4.69, 9.17) is 0 Å². The van der Waals surface area contributed by atoms with Gasteiger partial charge in [-0.25, -0.2) is 8.42 Å². The molecule has 0 saturated carbocycles. The van der Waals surface area contributed by atoms with Gasteiger partial charge in [0, 0.05) is 11.1 Å². The predicted octanol–water partition coefficient (Wildman–Crippen LogP) is 1.07. The molecule has 1 aliphatic rings. The SMILES string of the molecule is C[C@@H]1CCc2sc(C(=O)NNC(=O)[C@@H](C)S(C)(=O)=O)cc2C1. The highest BCUT2D eigenvalue weighted by atomic mass is 32.2. The molecule has 0 spiro atoms. The molecular weight excluding hydrogens is 324 g/mol. The number of aryl methyl sites for hydroxylation is 1. The molecular formula is C14H20N2O4S2. The summed E-state index contributed by atoms with van der Waals surface area (Å²) in [5.74, 6) is -0.541. The Kier molecular flexibility index (Phi) is 4.91. The fraction of sp³-hybridized carbons (Fsp3) is 0.571. The van der Waals surface area contributed by atoms with Crippen LogP contribution >= 0.6 is 11.3 Å². The third-order valence-corrected chi connectivity index (χ3v) is 6.60. The first kappa shape index (κ1) is 17.0. The molecule has 0 unspecified atom stereocenters. The maximum Gasteiger partial charge on any atom is 0.279 e. The molecule has 1 aliphatic carbocycles. The first-order chi connectivity index (χ1) is 10.2. The normalized spacial score (nSPS) is 19.1.